The summed E-state index contributed by atoms with van der Waals surface area (Å²) in [5, 5.41) is 41.9. The Morgan fingerprint density at radius 3 is 2.06 bits per heavy atom. The van der Waals surface area contributed by atoms with Crippen molar-refractivity contribution in [1.82, 2.24) is 34.1 Å². The molecule has 4 aromatic rings. The van der Waals surface area contributed by atoms with Gasteiger partial charge in [0.15, 0.2) is 23.7 Å². The van der Waals surface area contributed by atoms with E-state index in [1.807, 2.05) is 0 Å². The van der Waals surface area contributed by atoms with Gasteiger partial charge in [-0.15, -0.1) is 0 Å². The molecule has 6 heterocycles. The van der Waals surface area contributed by atoms with Crippen molar-refractivity contribution < 1.29 is 80.5 Å². The molecular formula is C21H27N10O18P3-2. The Balaban J connectivity index is 1.05. The molecule has 0 saturated carbocycles. The molecule has 52 heavy (non-hydrogen) atoms. The number of phosphoric ester groups is 2. The summed E-state index contributed by atoms with van der Waals surface area (Å²) in [6.45, 7) is -2.39. The molecule has 2 aliphatic heterocycles. The number of rotatable bonds is 12. The number of ether oxygens (including phenoxy) is 2. The fraction of sp³-hybridized carbons (Fsp3) is 0.524. The summed E-state index contributed by atoms with van der Waals surface area (Å²) in [5.41, 5.74) is 9.21. The second-order valence-corrected chi connectivity index (χ2v) is 15.7. The number of nitrogen functional groups attached to an aromatic ring is 2. The quantitative estimate of drug-likeness (QED) is 0.0488. The van der Waals surface area contributed by atoms with E-state index < -0.39 is 96.9 Å². The van der Waals surface area contributed by atoms with E-state index >= 15 is 0 Å². The number of phosphoric acid groups is 3. The van der Waals surface area contributed by atoms with Crippen LogP contribution in [0.25, 0.3) is 22.3 Å². The number of nitrogens with two attached hydrogens (primary N) is 2. The minimum absolute atomic E-state index is 0.0122. The number of nitrogens with one attached hydrogen (secondary N) is 2. The zero-order valence-electron chi connectivity index (χ0n) is 25.9. The number of anilines is 2. The first-order chi connectivity index (χ1) is 24.2. The number of hydrogen-bond acceptors (Lipinski definition) is 23. The minimum Gasteiger partial charge on any atom is -0.756 e. The number of aromatic nitrogens is 8. The van der Waals surface area contributed by atoms with Gasteiger partial charge >= 0.3 is 5.65 Å². The Morgan fingerprint density at radius 2 is 1.42 bits per heavy atom. The molecule has 0 radical (unpaired) electrons. The molecule has 286 valence electrons. The number of fused-ring (bicyclic) bond motifs is 2. The monoisotopic (exact) mass is 800 g/mol. The summed E-state index contributed by atoms with van der Waals surface area (Å²) in [6, 6.07) is 0. The maximum Gasteiger partial charge on any atom is 0.313 e. The lowest BCUT2D eigenvalue weighted by molar-refractivity contribution is -0.745. The normalized spacial score (nSPS) is 30.1. The highest BCUT2D eigenvalue weighted by molar-refractivity contribution is 7.65. The van der Waals surface area contributed by atoms with E-state index in [2.05, 4.69) is 42.6 Å². The van der Waals surface area contributed by atoms with E-state index in [1.165, 1.54) is 17.9 Å². The highest BCUT2D eigenvalue weighted by atomic mass is 31.3. The lowest BCUT2D eigenvalue weighted by Crippen LogP contribution is -2.46. The molecule has 0 bridgehead atoms. The van der Waals surface area contributed by atoms with Crippen LogP contribution >= 0.6 is 23.5 Å². The van der Waals surface area contributed by atoms with Gasteiger partial charge in [0.25, 0.3) is 40.5 Å². The lowest BCUT2D eigenvalue weighted by Gasteiger charge is -2.34. The number of hydrogen-bond donors (Lipinski definition) is 8. The molecular weight excluding hydrogens is 773 g/mol. The van der Waals surface area contributed by atoms with Gasteiger partial charge in [0, 0.05) is 0 Å². The van der Waals surface area contributed by atoms with Gasteiger partial charge in [-0.1, -0.05) is 4.98 Å². The van der Waals surface area contributed by atoms with Gasteiger partial charge in [-0.2, -0.15) is 4.98 Å². The van der Waals surface area contributed by atoms with E-state index in [0.717, 1.165) is 15.5 Å². The van der Waals surface area contributed by atoms with Crippen LogP contribution in [-0.4, -0.2) is 104 Å². The van der Waals surface area contributed by atoms with Crippen molar-refractivity contribution in [2.24, 2.45) is 7.05 Å². The van der Waals surface area contributed by atoms with Crippen LogP contribution in [0.4, 0.5) is 11.9 Å². The topological polar surface area (TPSA) is 427 Å². The van der Waals surface area contributed by atoms with Gasteiger partial charge in [-0.05, 0) is 0 Å². The van der Waals surface area contributed by atoms with Crippen molar-refractivity contribution in [2.45, 2.75) is 49.1 Å². The van der Waals surface area contributed by atoms with Crippen molar-refractivity contribution in [3.63, 3.8) is 0 Å². The minimum atomic E-state index is -6.38. The molecule has 28 nitrogen and oxygen atoms in total. The first-order valence-electron chi connectivity index (χ1n) is 14.3. The summed E-state index contributed by atoms with van der Waals surface area (Å²) in [4.78, 5) is 77.3. The van der Waals surface area contributed by atoms with Crippen molar-refractivity contribution in [2.75, 3.05) is 24.7 Å². The maximum atomic E-state index is 12.3. The summed E-state index contributed by atoms with van der Waals surface area (Å²) < 4.78 is 67.5. The summed E-state index contributed by atoms with van der Waals surface area (Å²) >= 11 is 0. The van der Waals surface area contributed by atoms with Gasteiger partial charge < -0.3 is 65.1 Å². The van der Waals surface area contributed by atoms with Gasteiger partial charge in [0.05, 0.1) is 26.6 Å². The number of aliphatic hydroxyl groups excluding tert-OH is 4. The van der Waals surface area contributed by atoms with Crippen LogP contribution in [0, 0.1) is 0 Å². The molecule has 5 unspecified atom stereocenters. The second-order valence-electron chi connectivity index (χ2n) is 11.2. The lowest BCUT2D eigenvalue weighted by atomic mass is 10.1. The van der Waals surface area contributed by atoms with E-state index in [-0.39, 0.29) is 34.2 Å². The second kappa shape index (κ2) is 13.7. The predicted molar refractivity (Wildman–Crippen MR) is 157 cm³/mol. The fourth-order valence-corrected chi connectivity index (χ4v) is 8.80. The Labute approximate surface area is 286 Å². The van der Waals surface area contributed by atoms with E-state index in [0.29, 0.717) is 0 Å². The molecule has 31 heteroatoms. The number of H-pyrrole nitrogens is 2. The SMILES string of the molecule is Cn1c[n+](C2O[C@H](COP(=O)([O-])OP(=O)([O-])OP(=O)([O-])OCC3O[C@@H](n4cnc5c(=O)[nH]c(N)nc54)[C@H](O)[C@@H]3O)[C@@H](O)[C@@H]2O)c2nc(N)[nH]c(=O)c21. The van der Waals surface area contributed by atoms with Crippen LogP contribution in [0.5, 0.6) is 0 Å². The van der Waals surface area contributed by atoms with Crippen LogP contribution < -0.4 is 41.8 Å². The highest BCUT2D eigenvalue weighted by Gasteiger charge is 2.48. The molecule has 0 aromatic carbocycles. The molecule has 11 atom stereocenters. The zero-order chi connectivity index (χ0) is 38.1. The maximum absolute atomic E-state index is 12.3. The summed E-state index contributed by atoms with van der Waals surface area (Å²) in [5.74, 6) is -0.627. The number of aliphatic hydroxyl groups is 4. The summed E-state index contributed by atoms with van der Waals surface area (Å²) in [6.07, 6.45) is -11.5. The average molecular weight is 800 g/mol. The van der Waals surface area contributed by atoms with Crippen LogP contribution in [0.1, 0.15) is 12.5 Å². The molecule has 4 aromatic heterocycles. The van der Waals surface area contributed by atoms with Crippen LogP contribution in [0.3, 0.4) is 0 Å². The van der Waals surface area contributed by atoms with Crippen LogP contribution in [0.15, 0.2) is 22.2 Å². The molecule has 10 N–H and O–H groups in total. The number of imidazole rings is 2. The first-order valence-corrected chi connectivity index (χ1v) is 18.7. The van der Waals surface area contributed by atoms with Crippen LogP contribution in [0.2, 0.25) is 0 Å². The van der Waals surface area contributed by atoms with Crippen molar-refractivity contribution in [3.8, 4) is 0 Å². The highest BCUT2D eigenvalue weighted by Crippen LogP contribution is 2.63. The number of nitrogens with zero attached hydrogens (tertiary/aromatic N) is 6. The Bertz CT molecular complexity index is 2280. The molecule has 2 saturated heterocycles. The smallest absolute Gasteiger partial charge is 0.313 e. The van der Waals surface area contributed by atoms with Crippen molar-refractivity contribution >= 4 is 57.7 Å². The third-order valence-corrected chi connectivity index (χ3v) is 11.8. The van der Waals surface area contributed by atoms with Crippen LogP contribution in [-0.2, 0) is 47.9 Å². The first kappa shape index (κ1) is 38.2. The third-order valence-electron chi connectivity index (χ3n) is 7.66. The summed E-state index contributed by atoms with van der Waals surface area (Å²) in [7, 11) is -17.0. The van der Waals surface area contributed by atoms with Gasteiger partial charge in [-0.25, -0.2) is 18.2 Å². The average Bonchev–Trinajstić information content (AvgIpc) is 3.74. The van der Waals surface area contributed by atoms with Crippen molar-refractivity contribution in [3.05, 3.63) is 33.4 Å². The van der Waals surface area contributed by atoms with E-state index in [9.17, 15) is 58.4 Å². The molecule has 0 aliphatic carbocycles. The molecule has 0 amide bonds. The standard InChI is InChI=1S/C21H29N10O18P3/c1-29-5-31(15-9(29)17(37)28-21(23)26-15)19-13(35)11(33)7(47-19)3-45-51(40,41)49-52(42,43)48-50(38,39)44-2-6-10(32)12(34)18(46-6)30-4-24-8-14(30)25-20(22)27-16(8)36/h4-7,10-13,18-19,32-35H,2-3H2,1H3,(H8-,22,23,25,26,27,28,36,37,38,39,40,41,42,43)/p-2/t6?,7-,10-,11-,12-,13+,18-,19?/m1/s1. The number of aryl methyl sites for hydroxylation is 1. The molecule has 2 fully saturated rings. The Hall–Kier alpha value is -3.53. The fourth-order valence-electron chi connectivity index (χ4n) is 5.41. The van der Waals surface area contributed by atoms with Gasteiger partial charge in [0.2, 0.25) is 17.7 Å². The van der Waals surface area contributed by atoms with E-state index in [4.69, 9.17) is 20.9 Å². The van der Waals surface area contributed by atoms with Crippen molar-refractivity contribution in [1.29, 1.82) is 0 Å². The molecule has 2 aliphatic rings. The molecule has 6 rings (SSSR count). The van der Waals surface area contributed by atoms with Gasteiger partial charge in [0.1, 0.15) is 36.6 Å². The Morgan fingerprint density at radius 1 is 0.865 bits per heavy atom. The predicted octanol–water partition coefficient (Wildman–Crippen LogP) is -6.44. The number of aromatic amines is 2. The zero-order valence-corrected chi connectivity index (χ0v) is 28.6. The van der Waals surface area contributed by atoms with Gasteiger partial charge in [-0.3, -0.25) is 42.4 Å². The third kappa shape index (κ3) is 7.46. The molecule has 0 spiro atoms. The van der Waals surface area contributed by atoms with E-state index in [1.54, 1.807) is 0 Å². The largest absolute Gasteiger partial charge is 0.756 e. The Kier molecular flexibility index (Phi) is 10.1.